The number of hydrogen-bond donors (Lipinski definition) is 1. The Labute approximate surface area is 107 Å². The number of carbonyl (C=O) groups is 1. The van der Waals surface area contributed by atoms with E-state index in [1.54, 1.807) is 12.1 Å². The summed E-state index contributed by atoms with van der Waals surface area (Å²) in [5.74, 6) is -0.894. The monoisotopic (exact) mass is 262 g/mol. The van der Waals surface area contributed by atoms with Gasteiger partial charge in [0, 0.05) is 19.5 Å². The maximum Gasteiger partial charge on any atom is 0.335 e. The SMILES string of the molecule is O=C(O)c1ccc(-c2ccccc2)cc1.[Zn]. The van der Waals surface area contributed by atoms with Crippen molar-refractivity contribution in [2.24, 2.45) is 0 Å². The second kappa shape index (κ2) is 5.57. The minimum atomic E-state index is -0.894. The number of aromatic carboxylic acids is 1. The van der Waals surface area contributed by atoms with Crippen molar-refractivity contribution >= 4 is 5.97 Å². The fourth-order valence-corrected chi connectivity index (χ4v) is 1.44. The Morgan fingerprint density at radius 2 is 1.31 bits per heavy atom. The van der Waals surface area contributed by atoms with Crippen molar-refractivity contribution in [1.29, 1.82) is 0 Å². The molecule has 0 atom stereocenters. The predicted molar refractivity (Wildman–Crippen MR) is 58.8 cm³/mol. The van der Waals surface area contributed by atoms with Gasteiger partial charge in [-0.25, -0.2) is 4.79 Å². The number of carboxylic acid groups (broad SMARTS) is 1. The summed E-state index contributed by atoms with van der Waals surface area (Å²) in [4.78, 5) is 10.6. The molecule has 0 fully saturated rings. The van der Waals surface area contributed by atoms with Crippen LogP contribution in [-0.4, -0.2) is 11.1 Å². The van der Waals surface area contributed by atoms with Gasteiger partial charge in [0.2, 0.25) is 0 Å². The summed E-state index contributed by atoms with van der Waals surface area (Å²) in [5.41, 5.74) is 2.43. The molecule has 3 heteroatoms. The summed E-state index contributed by atoms with van der Waals surface area (Å²) in [7, 11) is 0. The van der Waals surface area contributed by atoms with Crippen molar-refractivity contribution in [3.05, 3.63) is 60.2 Å². The molecule has 0 aliphatic rings. The van der Waals surface area contributed by atoms with Gasteiger partial charge in [-0.3, -0.25) is 0 Å². The van der Waals surface area contributed by atoms with E-state index in [1.807, 2.05) is 42.5 Å². The van der Waals surface area contributed by atoms with Gasteiger partial charge in [0.15, 0.2) is 0 Å². The van der Waals surface area contributed by atoms with Crippen LogP contribution in [-0.2, 0) is 19.5 Å². The normalized spacial score (nSPS) is 9.25. The summed E-state index contributed by atoms with van der Waals surface area (Å²) in [6.07, 6.45) is 0. The summed E-state index contributed by atoms with van der Waals surface area (Å²) in [6.45, 7) is 0. The molecule has 0 heterocycles. The first-order chi connectivity index (χ1) is 7.27. The van der Waals surface area contributed by atoms with E-state index in [9.17, 15) is 4.79 Å². The molecule has 1 N–H and O–H groups in total. The van der Waals surface area contributed by atoms with Crippen LogP contribution in [0.4, 0.5) is 0 Å². The zero-order chi connectivity index (χ0) is 10.7. The van der Waals surface area contributed by atoms with Crippen LogP contribution in [0.25, 0.3) is 11.1 Å². The smallest absolute Gasteiger partial charge is 0.335 e. The Morgan fingerprint density at radius 3 is 1.81 bits per heavy atom. The zero-order valence-electron chi connectivity index (χ0n) is 8.76. The Bertz CT molecular complexity index is 463. The van der Waals surface area contributed by atoms with Gasteiger partial charge >= 0.3 is 5.97 Å². The number of hydrogen-bond acceptors (Lipinski definition) is 1. The van der Waals surface area contributed by atoms with Crippen LogP contribution < -0.4 is 0 Å². The number of rotatable bonds is 2. The molecule has 2 nitrogen and oxygen atoms in total. The first-order valence-electron chi connectivity index (χ1n) is 4.66. The molecule has 0 amide bonds. The van der Waals surface area contributed by atoms with E-state index in [2.05, 4.69) is 0 Å². The maximum atomic E-state index is 10.6. The molecule has 0 unspecified atom stereocenters. The molecule has 0 saturated carbocycles. The predicted octanol–water partition coefficient (Wildman–Crippen LogP) is 3.05. The van der Waals surface area contributed by atoms with Gasteiger partial charge < -0.3 is 5.11 Å². The van der Waals surface area contributed by atoms with Crippen LogP contribution in [0, 0.1) is 0 Å². The third kappa shape index (κ3) is 2.77. The quantitative estimate of drug-likeness (QED) is 0.846. The molecule has 0 spiro atoms. The van der Waals surface area contributed by atoms with Crippen LogP contribution in [0.3, 0.4) is 0 Å². The molecule has 0 aromatic heterocycles. The van der Waals surface area contributed by atoms with Crippen molar-refractivity contribution in [2.45, 2.75) is 0 Å². The minimum absolute atomic E-state index is 0. The first-order valence-corrected chi connectivity index (χ1v) is 4.66. The van der Waals surface area contributed by atoms with Crippen LogP contribution in [0.2, 0.25) is 0 Å². The number of carboxylic acids is 1. The van der Waals surface area contributed by atoms with E-state index in [0.717, 1.165) is 11.1 Å². The molecule has 0 saturated heterocycles. The average Bonchev–Trinajstić information content (AvgIpc) is 2.30. The molecular weight excluding hydrogens is 254 g/mol. The van der Waals surface area contributed by atoms with Gasteiger partial charge in [0.05, 0.1) is 5.56 Å². The second-order valence-electron chi connectivity index (χ2n) is 3.25. The van der Waals surface area contributed by atoms with Crippen molar-refractivity contribution in [2.75, 3.05) is 0 Å². The van der Waals surface area contributed by atoms with Crippen LogP contribution >= 0.6 is 0 Å². The molecule has 0 bridgehead atoms. The summed E-state index contributed by atoms with van der Waals surface area (Å²) < 4.78 is 0. The molecular formula is C13H10O2Zn. The molecule has 0 aliphatic carbocycles. The van der Waals surface area contributed by atoms with E-state index in [0.29, 0.717) is 5.56 Å². The second-order valence-corrected chi connectivity index (χ2v) is 3.25. The van der Waals surface area contributed by atoms with Gasteiger partial charge in [0.1, 0.15) is 0 Å². The van der Waals surface area contributed by atoms with E-state index < -0.39 is 5.97 Å². The average molecular weight is 264 g/mol. The van der Waals surface area contributed by atoms with Gasteiger partial charge in [0.25, 0.3) is 0 Å². The largest absolute Gasteiger partial charge is 0.478 e. The van der Waals surface area contributed by atoms with Crippen molar-refractivity contribution in [3.8, 4) is 11.1 Å². The summed E-state index contributed by atoms with van der Waals surface area (Å²) >= 11 is 0. The van der Waals surface area contributed by atoms with E-state index in [-0.39, 0.29) is 19.5 Å². The molecule has 16 heavy (non-hydrogen) atoms. The maximum absolute atomic E-state index is 10.6. The molecule has 2 rings (SSSR count). The van der Waals surface area contributed by atoms with Crippen molar-refractivity contribution in [1.82, 2.24) is 0 Å². The first kappa shape index (κ1) is 12.6. The van der Waals surface area contributed by atoms with Gasteiger partial charge in [-0.05, 0) is 23.3 Å². The summed E-state index contributed by atoms with van der Waals surface area (Å²) in [6, 6.07) is 16.7. The van der Waals surface area contributed by atoms with Crippen LogP contribution in [0.15, 0.2) is 54.6 Å². The Hall–Kier alpha value is -1.47. The van der Waals surface area contributed by atoms with E-state index in [4.69, 9.17) is 5.11 Å². The van der Waals surface area contributed by atoms with E-state index in [1.165, 1.54) is 0 Å². The Morgan fingerprint density at radius 1 is 0.812 bits per heavy atom. The topological polar surface area (TPSA) is 37.3 Å². The fourth-order valence-electron chi connectivity index (χ4n) is 1.44. The molecule has 0 aliphatic heterocycles. The molecule has 2 aromatic rings. The number of benzene rings is 2. The van der Waals surface area contributed by atoms with Crippen molar-refractivity contribution in [3.63, 3.8) is 0 Å². The molecule has 76 valence electrons. The van der Waals surface area contributed by atoms with Gasteiger partial charge in [-0.2, -0.15) is 0 Å². The third-order valence-corrected chi connectivity index (χ3v) is 2.24. The Kier molecular flexibility index (Phi) is 4.39. The zero-order valence-corrected chi connectivity index (χ0v) is 11.7. The molecule has 0 radical (unpaired) electrons. The van der Waals surface area contributed by atoms with Crippen molar-refractivity contribution < 1.29 is 29.4 Å². The third-order valence-electron chi connectivity index (χ3n) is 2.24. The van der Waals surface area contributed by atoms with Gasteiger partial charge in [-0.1, -0.05) is 42.5 Å². The molecule has 2 aromatic carbocycles. The standard InChI is InChI=1S/C13H10O2.Zn/c14-13(15)12-8-6-11(7-9-12)10-4-2-1-3-5-10;/h1-9H,(H,14,15);. The fraction of sp³-hybridized carbons (Fsp3) is 0. The van der Waals surface area contributed by atoms with Crippen LogP contribution in [0.1, 0.15) is 10.4 Å². The van der Waals surface area contributed by atoms with E-state index >= 15 is 0 Å². The summed E-state index contributed by atoms with van der Waals surface area (Å²) in [5, 5.41) is 8.75. The van der Waals surface area contributed by atoms with Crippen LogP contribution in [0.5, 0.6) is 0 Å². The van der Waals surface area contributed by atoms with Gasteiger partial charge in [-0.15, -0.1) is 0 Å². The minimum Gasteiger partial charge on any atom is -0.478 e. The Balaban J connectivity index is 0.00000128.